The summed E-state index contributed by atoms with van der Waals surface area (Å²) in [6.07, 6.45) is 7.28. The Kier molecular flexibility index (Phi) is 5.21. The van der Waals surface area contributed by atoms with Gasteiger partial charge in [0.05, 0.1) is 13.2 Å². The van der Waals surface area contributed by atoms with Crippen molar-refractivity contribution in [2.75, 3.05) is 13.2 Å². The monoisotopic (exact) mass is 189 g/mol. The molecule has 2 nitrogen and oxygen atoms in total. The molecule has 0 heterocycles. The van der Waals surface area contributed by atoms with Crippen molar-refractivity contribution in [1.29, 1.82) is 0 Å². The Morgan fingerprint density at radius 3 is 2.50 bits per heavy atom. The average Bonchev–Trinajstić information content (AvgIpc) is 2.25. The van der Waals surface area contributed by atoms with E-state index in [0.717, 1.165) is 0 Å². The van der Waals surface area contributed by atoms with Gasteiger partial charge in [-0.05, 0) is 17.8 Å². The lowest BCUT2D eigenvalue weighted by atomic mass is 10.2. The molecule has 0 aliphatic heterocycles. The third-order valence-corrected chi connectivity index (χ3v) is 1.67. The van der Waals surface area contributed by atoms with Crippen LogP contribution in [0.2, 0.25) is 0 Å². The molecule has 0 bridgehead atoms. The Labute approximate surface area is 84.7 Å². The Balaban J connectivity index is 2.21. The summed E-state index contributed by atoms with van der Waals surface area (Å²) in [6.45, 7) is 1.18. The molecule has 0 amide bonds. The molecule has 0 fully saturated rings. The highest BCUT2D eigenvalue weighted by Crippen LogP contribution is 2.00. The molecule has 14 heavy (non-hydrogen) atoms. The Morgan fingerprint density at radius 2 is 1.79 bits per heavy atom. The minimum absolute atomic E-state index is 0.565. The summed E-state index contributed by atoms with van der Waals surface area (Å²) >= 11 is 0. The van der Waals surface area contributed by atoms with E-state index in [1.54, 1.807) is 6.08 Å². The normalized spacial score (nSPS) is 11.4. The number of hydrogen-bond donors (Lipinski definition) is 1. The summed E-state index contributed by atoms with van der Waals surface area (Å²) in [4.78, 5) is 0. The molecule has 1 aromatic rings. The predicted molar refractivity (Wildman–Crippen MR) is 59.6 cm³/mol. The summed E-state index contributed by atoms with van der Waals surface area (Å²) < 4.78 is 5.24. The molecular weight excluding hydrogens is 174 g/mol. The molecular formula is C12H15NO. The minimum Gasteiger partial charge on any atom is -0.405 e. The molecule has 1 aromatic carbocycles. The molecule has 2 N–H and O–H groups in total. The number of rotatable bonds is 5. The number of nitrogens with two attached hydrogens (primary N) is 1. The first kappa shape index (κ1) is 10.5. The first-order valence-electron chi connectivity index (χ1n) is 4.59. The van der Waals surface area contributed by atoms with E-state index >= 15 is 0 Å². The average molecular weight is 189 g/mol. The van der Waals surface area contributed by atoms with E-state index < -0.39 is 0 Å². The molecule has 0 aliphatic carbocycles. The van der Waals surface area contributed by atoms with Gasteiger partial charge in [-0.25, -0.2) is 0 Å². The van der Waals surface area contributed by atoms with Gasteiger partial charge in [0.1, 0.15) is 0 Å². The largest absolute Gasteiger partial charge is 0.405 e. The van der Waals surface area contributed by atoms with Crippen molar-refractivity contribution in [2.24, 2.45) is 5.73 Å². The zero-order chi connectivity index (χ0) is 10.1. The molecule has 0 spiro atoms. The standard InChI is InChI=1S/C12H15NO/c13-9-5-11-14-10-4-8-12-6-2-1-3-7-12/h1-9H,10-11,13H2. The van der Waals surface area contributed by atoms with Gasteiger partial charge in [0.25, 0.3) is 0 Å². The summed E-state index contributed by atoms with van der Waals surface area (Å²) in [5.41, 5.74) is 6.34. The van der Waals surface area contributed by atoms with Crippen LogP contribution in [0.5, 0.6) is 0 Å². The SMILES string of the molecule is NC=CCOCC=Cc1ccccc1. The van der Waals surface area contributed by atoms with Gasteiger partial charge in [-0.3, -0.25) is 0 Å². The second-order valence-electron chi connectivity index (χ2n) is 2.78. The fraction of sp³-hybridized carbons (Fsp3) is 0.167. The van der Waals surface area contributed by atoms with E-state index in [1.807, 2.05) is 30.4 Å². The molecule has 0 atom stereocenters. The third-order valence-electron chi connectivity index (χ3n) is 1.67. The van der Waals surface area contributed by atoms with Gasteiger partial charge in [-0.2, -0.15) is 0 Å². The fourth-order valence-corrected chi connectivity index (χ4v) is 1.01. The lowest BCUT2D eigenvalue weighted by Crippen LogP contribution is -1.91. The lowest BCUT2D eigenvalue weighted by Gasteiger charge is -1.94. The van der Waals surface area contributed by atoms with Crippen LogP contribution < -0.4 is 5.73 Å². The second kappa shape index (κ2) is 6.92. The first-order chi connectivity index (χ1) is 6.93. The smallest absolute Gasteiger partial charge is 0.0668 e. The van der Waals surface area contributed by atoms with Crippen molar-refractivity contribution in [3.05, 3.63) is 54.2 Å². The highest BCUT2D eigenvalue weighted by molar-refractivity contribution is 5.48. The van der Waals surface area contributed by atoms with Crippen molar-refractivity contribution in [3.63, 3.8) is 0 Å². The van der Waals surface area contributed by atoms with Crippen LogP contribution >= 0.6 is 0 Å². The molecule has 0 aromatic heterocycles. The van der Waals surface area contributed by atoms with E-state index in [-0.39, 0.29) is 0 Å². The zero-order valence-electron chi connectivity index (χ0n) is 8.10. The maximum Gasteiger partial charge on any atom is 0.0668 e. The maximum absolute atomic E-state index is 5.24. The summed E-state index contributed by atoms with van der Waals surface area (Å²) in [6, 6.07) is 10.1. The second-order valence-corrected chi connectivity index (χ2v) is 2.78. The highest BCUT2D eigenvalue weighted by atomic mass is 16.5. The van der Waals surface area contributed by atoms with E-state index in [1.165, 1.54) is 11.8 Å². The summed E-state index contributed by atoms with van der Waals surface area (Å²) in [5, 5.41) is 0. The van der Waals surface area contributed by atoms with Crippen molar-refractivity contribution >= 4 is 6.08 Å². The van der Waals surface area contributed by atoms with Crippen LogP contribution in [-0.2, 0) is 4.74 Å². The number of hydrogen-bond acceptors (Lipinski definition) is 2. The predicted octanol–water partition coefficient (Wildman–Crippen LogP) is 2.19. The van der Waals surface area contributed by atoms with Crippen molar-refractivity contribution in [1.82, 2.24) is 0 Å². The van der Waals surface area contributed by atoms with Gasteiger partial charge in [-0.1, -0.05) is 42.5 Å². The molecule has 74 valence electrons. The van der Waals surface area contributed by atoms with Crippen LogP contribution in [0.1, 0.15) is 5.56 Å². The van der Waals surface area contributed by atoms with Crippen LogP contribution in [-0.4, -0.2) is 13.2 Å². The Hall–Kier alpha value is -1.54. The number of ether oxygens (including phenoxy) is 1. The van der Waals surface area contributed by atoms with Crippen molar-refractivity contribution in [3.8, 4) is 0 Å². The van der Waals surface area contributed by atoms with Gasteiger partial charge >= 0.3 is 0 Å². The quantitative estimate of drug-likeness (QED) is 0.720. The molecule has 2 heteroatoms. The van der Waals surface area contributed by atoms with Crippen LogP contribution in [0.4, 0.5) is 0 Å². The Morgan fingerprint density at radius 1 is 1.07 bits per heavy atom. The zero-order valence-corrected chi connectivity index (χ0v) is 8.10. The van der Waals surface area contributed by atoms with E-state index in [2.05, 4.69) is 12.1 Å². The first-order valence-corrected chi connectivity index (χ1v) is 4.59. The lowest BCUT2D eigenvalue weighted by molar-refractivity contribution is 0.194. The van der Waals surface area contributed by atoms with Gasteiger partial charge in [0.2, 0.25) is 0 Å². The molecule has 0 saturated heterocycles. The molecule has 0 aliphatic rings. The van der Waals surface area contributed by atoms with Crippen LogP contribution in [0.15, 0.2) is 48.7 Å². The topological polar surface area (TPSA) is 35.2 Å². The van der Waals surface area contributed by atoms with Crippen molar-refractivity contribution in [2.45, 2.75) is 0 Å². The van der Waals surface area contributed by atoms with Gasteiger partial charge in [0, 0.05) is 0 Å². The molecule has 0 radical (unpaired) electrons. The maximum atomic E-state index is 5.24. The van der Waals surface area contributed by atoms with Crippen LogP contribution in [0, 0.1) is 0 Å². The van der Waals surface area contributed by atoms with Crippen LogP contribution in [0.25, 0.3) is 6.08 Å². The van der Waals surface area contributed by atoms with Crippen molar-refractivity contribution < 1.29 is 4.74 Å². The summed E-state index contributed by atoms with van der Waals surface area (Å²) in [7, 11) is 0. The summed E-state index contributed by atoms with van der Waals surface area (Å²) in [5.74, 6) is 0. The Bertz CT molecular complexity index is 290. The molecule has 0 unspecified atom stereocenters. The molecule has 0 saturated carbocycles. The van der Waals surface area contributed by atoms with E-state index in [4.69, 9.17) is 10.5 Å². The van der Waals surface area contributed by atoms with Gasteiger partial charge in [-0.15, -0.1) is 0 Å². The van der Waals surface area contributed by atoms with E-state index in [0.29, 0.717) is 13.2 Å². The number of benzene rings is 1. The minimum atomic E-state index is 0.565. The fourth-order valence-electron chi connectivity index (χ4n) is 1.01. The van der Waals surface area contributed by atoms with E-state index in [9.17, 15) is 0 Å². The highest BCUT2D eigenvalue weighted by Gasteiger charge is 1.82. The van der Waals surface area contributed by atoms with Gasteiger partial charge < -0.3 is 10.5 Å². The third kappa shape index (κ3) is 4.48. The molecule has 1 rings (SSSR count). The van der Waals surface area contributed by atoms with Crippen LogP contribution in [0.3, 0.4) is 0 Å². The van der Waals surface area contributed by atoms with Gasteiger partial charge in [0.15, 0.2) is 0 Å².